The van der Waals surface area contributed by atoms with Gasteiger partial charge in [0.1, 0.15) is 0 Å². The average Bonchev–Trinajstić information content (AvgIpc) is 2.62. The van der Waals surface area contributed by atoms with Crippen molar-refractivity contribution in [3.63, 3.8) is 0 Å². The van der Waals surface area contributed by atoms with Gasteiger partial charge in [0, 0.05) is 28.7 Å². The monoisotopic (exact) mass is 359 g/mol. The van der Waals surface area contributed by atoms with Crippen LogP contribution in [0.1, 0.15) is 12.0 Å². The molecule has 0 atom stereocenters. The van der Waals surface area contributed by atoms with Crippen LogP contribution < -0.4 is 10.2 Å². The molecule has 7 nitrogen and oxygen atoms in total. The van der Waals surface area contributed by atoms with Crippen molar-refractivity contribution in [2.24, 2.45) is 5.10 Å². The summed E-state index contributed by atoms with van der Waals surface area (Å²) < 4.78 is 4.93. The summed E-state index contributed by atoms with van der Waals surface area (Å²) >= 11 is 1.59. The number of amides is 1. The van der Waals surface area contributed by atoms with Crippen molar-refractivity contribution < 1.29 is 14.5 Å². The van der Waals surface area contributed by atoms with E-state index in [1.54, 1.807) is 17.8 Å². The minimum absolute atomic E-state index is 0.156. The van der Waals surface area contributed by atoms with Crippen LogP contribution in [-0.4, -0.2) is 29.9 Å². The highest BCUT2D eigenvalue weighted by molar-refractivity contribution is 7.99. The van der Waals surface area contributed by atoms with Gasteiger partial charge >= 0.3 is 5.69 Å². The SMILES string of the molecule is COc1ccc(/C=N\NC(=O)CCSc2ccccc2)cc1[N+](=O)[O-]. The molecule has 2 rings (SSSR count). The number of ether oxygens (including phenoxy) is 1. The van der Waals surface area contributed by atoms with E-state index in [0.717, 1.165) is 4.90 Å². The van der Waals surface area contributed by atoms with Gasteiger partial charge in [-0.1, -0.05) is 18.2 Å². The summed E-state index contributed by atoms with van der Waals surface area (Å²) in [7, 11) is 1.36. The van der Waals surface area contributed by atoms with Gasteiger partial charge in [0.25, 0.3) is 0 Å². The number of benzene rings is 2. The number of carbonyl (C=O) groups is 1. The Labute approximate surface area is 149 Å². The van der Waals surface area contributed by atoms with Crippen molar-refractivity contribution in [1.29, 1.82) is 0 Å². The van der Waals surface area contributed by atoms with Crippen molar-refractivity contribution >= 4 is 29.6 Å². The zero-order chi connectivity index (χ0) is 18.1. The van der Waals surface area contributed by atoms with Gasteiger partial charge in [0.05, 0.1) is 18.2 Å². The fraction of sp³-hybridized carbons (Fsp3) is 0.176. The number of nitrogens with one attached hydrogen (secondary N) is 1. The summed E-state index contributed by atoms with van der Waals surface area (Å²) in [6.07, 6.45) is 1.67. The highest BCUT2D eigenvalue weighted by Crippen LogP contribution is 2.26. The normalized spacial score (nSPS) is 10.6. The van der Waals surface area contributed by atoms with E-state index in [4.69, 9.17) is 4.74 Å². The molecular weight excluding hydrogens is 342 g/mol. The zero-order valence-corrected chi connectivity index (χ0v) is 14.4. The van der Waals surface area contributed by atoms with Gasteiger partial charge in [-0.2, -0.15) is 5.10 Å². The first-order valence-corrected chi connectivity index (χ1v) is 8.41. The molecule has 8 heteroatoms. The van der Waals surface area contributed by atoms with E-state index in [-0.39, 0.29) is 17.3 Å². The number of hydrogen-bond acceptors (Lipinski definition) is 6. The van der Waals surface area contributed by atoms with Gasteiger partial charge in [0.15, 0.2) is 5.75 Å². The van der Waals surface area contributed by atoms with Crippen LogP contribution in [0, 0.1) is 10.1 Å². The Bertz CT molecular complexity index is 766. The van der Waals surface area contributed by atoms with E-state index in [1.807, 2.05) is 30.3 Å². The smallest absolute Gasteiger partial charge is 0.311 e. The number of nitro benzene ring substituents is 1. The molecule has 0 aliphatic heterocycles. The molecule has 0 saturated heterocycles. The summed E-state index contributed by atoms with van der Waals surface area (Å²) in [6, 6.07) is 14.2. The third-order valence-corrected chi connectivity index (χ3v) is 4.16. The Hall–Kier alpha value is -2.87. The number of hydrogen-bond donors (Lipinski definition) is 1. The van der Waals surface area contributed by atoms with Gasteiger partial charge in [-0.15, -0.1) is 11.8 Å². The molecule has 0 aliphatic rings. The zero-order valence-electron chi connectivity index (χ0n) is 13.5. The van der Waals surface area contributed by atoms with E-state index < -0.39 is 4.92 Å². The second-order valence-corrected chi connectivity index (χ2v) is 6.06. The molecule has 2 aromatic carbocycles. The summed E-state index contributed by atoms with van der Waals surface area (Å²) in [5, 5.41) is 14.8. The van der Waals surface area contributed by atoms with Gasteiger partial charge in [-0.25, -0.2) is 5.43 Å². The first-order chi connectivity index (χ1) is 12.1. The topological polar surface area (TPSA) is 93.8 Å². The largest absolute Gasteiger partial charge is 0.490 e. The van der Waals surface area contributed by atoms with E-state index in [1.165, 1.54) is 25.5 Å². The quantitative estimate of drug-likeness (QED) is 0.338. The van der Waals surface area contributed by atoms with Crippen LogP contribution in [-0.2, 0) is 4.79 Å². The maximum absolute atomic E-state index is 11.7. The number of rotatable bonds is 8. The van der Waals surface area contributed by atoms with Gasteiger partial charge in [-0.05, 0) is 24.3 Å². The summed E-state index contributed by atoms with van der Waals surface area (Å²) in [6.45, 7) is 0. The number of nitrogens with zero attached hydrogens (tertiary/aromatic N) is 2. The minimum atomic E-state index is -0.532. The number of nitro groups is 1. The van der Waals surface area contributed by atoms with E-state index in [2.05, 4.69) is 10.5 Å². The first kappa shape index (κ1) is 18.5. The number of methoxy groups -OCH3 is 1. The molecule has 2 aromatic rings. The molecule has 0 bridgehead atoms. The van der Waals surface area contributed by atoms with E-state index in [0.29, 0.717) is 17.7 Å². The minimum Gasteiger partial charge on any atom is -0.490 e. The highest BCUT2D eigenvalue weighted by atomic mass is 32.2. The Balaban J connectivity index is 1.83. The van der Waals surface area contributed by atoms with Crippen molar-refractivity contribution in [2.75, 3.05) is 12.9 Å². The number of hydrazone groups is 1. The predicted molar refractivity (Wildman–Crippen MR) is 97.2 cm³/mol. The maximum Gasteiger partial charge on any atom is 0.311 e. The van der Waals surface area contributed by atoms with Crippen LogP contribution in [0.25, 0.3) is 0 Å². The van der Waals surface area contributed by atoms with Crippen molar-refractivity contribution in [1.82, 2.24) is 5.43 Å². The summed E-state index contributed by atoms with van der Waals surface area (Å²) in [5.74, 6) is 0.589. The van der Waals surface area contributed by atoms with Gasteiger partial charge in [-0.3, -0.25) is 14.9 Å². The predicted octanol–water partition coefficient (Wildman–Crippen LogP) is 3.24. The molecule has 0 saturated carbocycles. The molecule has 0 spiro atoms. The molecule has 0 unspecified atom stereocenters. The molecule has 0 radical (unpaired) electrons. The lowest BCUT2D eigenvalue weighted by atomic mass is 10.2. The van der Waals surface area contributed by atoms with E-state index >= 15 is 0 Å². The molecule has 1 N–H and O–H groups in total. The maximum atomic E-state index is 11.7. The molecule has 25 heavy (non-hydrogen) atoms. The Morgan fingerprint density at radius 1 is 1.32 bits per heavy atom. The van der Waals surface area contributed by atoms with Crippen LogP contribution in [0.2, 0.25) is 0 Å². The molecule has 0 fully saturated rings. The van der Waals surface area contributed by atoms with Crippen LogP contribution in [0.3, 0.4) is 0 Å². The first-order valence-electron chi connectivity index (χ1n) is 7.42. The van der Waals surface area contributed by atoms with Crippen LogP contribution in [0.15, 0.2) is 58.5 Å². The summed E-state index contributed by atoms with van der Waals surface area (Å²) in [5.41, 5.74) is 2.75. The fourth-order valence-corrected chi connectivity index (χ4v) is 2.82. The fourth-order valence-electron chi connectivity index (χ4n) is 1.94. The van der Waals surface area contributed by atoms with Gasteiger partial charge < -0.3 is 4.74 Å². The number of thioether (sulfide) groups is 1. The lowest BCUT2D eigenvalue weighted by Gasteiger charge is -2.02. The molecular formula is C17H17N3O4S. The van der Waals surface area contributed by atoms with Gasteiger partial charge in [0.2, 0.25) is 5.91 Å². The highest BCUT2D eigenvalue weighted by Gasteiger charge is 2.14. The molecule has 0 aromatic heterocycles. The molecule has 0 aliphatic carbocycles. The third kappa shape index (κ3) is 5.92. The summed E-state index contributed by atoms with van der Waals surface area (Å²) in [4.78, 5) is 23.3. The lowest BCUT2D eigenvalue weighted by molar-refractivity contribution is -0.385. The van der Waals surface area contributed by atoms with Crippen LogP contribution >= 0.6 is 11.8 Å². The number of carbonyl (C=O) groups excluding carboxylic acids is 1. The van der Waals surface area contributed by atoms with Crippen LogP contribution in [0.4, 0.5) is 5.69 Å². The van der Waals surface area contributed by atoms with Crippen LogP contribution in [0.5, 0.6) is 5.75 Å². The second kappa shape index (κ2) is 9.43. The van der Waals surface area contributed by atoms with Crippen molar-refractivity contribution in [2.45, 2.75) is 11.3 Å². The van der Waals surface area contributed by atoms with Crippen molar-refractivity contribution in [3.05, 3.63) is 64.2 Å². The Morgan fingerprint density at radius 2 is 2.08 bits per heavy atom. The Morgan fingerprint density at radius 3 is 2.76 bits per heavy atom. The van der Waals surface area contributed by atoms with Crippen molar-refractivity contribution in [3.8, 4) is 5.75 Å². The Kier molecular flexibility index (Phi) is 6.97. The molecule has 1 amide bonds. The third-order valence-electron chi connectivity index (χ3n) is 3.14. The molecule has 0 heterocycles. The second-order valence-electron chi connectivity index (χ2n) is 4.89. The average molecular weight is 359 g/mol. The molecule has 130 valence electrons. The lowest BCUT2D eigenvalue weighted by Crippen LogP contribution is -2.17. The van der Waals surface area contributed by atoms with E-state index in [9.17, 15) is 14.9 Å². The standard InChI is InChI=1S/C17H17N3O4S/c1-24-16-8-7-13(11-15(16)20(22)23)12-18-19-17(21)9-10-25-14-5-3-2-4-6-14/h2-8,11-12H,9-10H2,1H3,(H,19,21)/b18-12-.